The summed E-state index contributed by atoms with van der Waals surface area (Å²) in [5, 5.41) is 24.1. The molecular weight excluding hydrogens is 584 g/mol. The summed E-state index contributed by atoms with van der Waals surface area (Å²) in [6.45, 7) is 2.14. The van der Waals surface area contributed by atoms with Gasteiger partial charge in [-0.1, -0.05) is 11.6 Å². The topological polar surface area (TPSA) is 160 Å². The molecule has 1 aromatic heterocycles. The number of hydrogen-bond acceptors (Lipinski definition) is 8. The minimum absolute atomic E-state index is 0.0112. The number of hydrogen-bond donors (Lipinski definition) is 3. The number of halogens is 1. The molecule has 0 bridgehead atoms. The third-order valence-electron chi connectivity index (χ3n) is 8.95. The van der Waals surface area contributed by atoms with E-state index in [1.807, 2.05) is 0 Å². The number of carboxylic acid groups (broad SMARTS) is 1. The van der Waals surface area contributed by atoms with Crippen LogP contribution >= 0.6 is 11.6 Å². The molecule has 2 saturated heterocycles. The first-order valence-corrected chi connectivity index (χ1v) is 15.3. The highest BCUT2D eigenvalue weighted by atomic mass is 35.5. The lowest BCUT2D eigenvalue weighted by molar-refractivity contribution is -0.142. The van der Waals surface area contributed by atoms with E-state index in [4.69, 9.17) is 17.3 Å². The fraction of sp³-hybridized carbons (Fsp3) is 0.419. The van der Waals surface area contributed by atoms with Gasteiger partial charge in [0.05, 0.1) is 11.3 Å². The molecule has 2 amide bonds. The summed E-state index contributed by atoms with van der Waals surface area (Å²) in [5.41, 5.74) is 8.10. The molecule has 230 valence electrons. The van der Waals surface area contributed by atoms with Crippen LogP contribution in [0.1, 0.15) is 48.0 Å². The molecule has 0 radical (unpaired) electrons. The summed E-state index contributed by atoms with van der Waals surface area (Å²) in [6, 6.07) is 10.9. The van der Waals surface area contributed by atoms with Crippen molar-refractivity contribution in [3.8, 4) is 5.69 Å². The number of benzene rings is 2. The van der Waals surface area contributed by atoms with Gasteiger partial charge in [0.2, 0.25) is 11.8 Å². The van der Waals surface area contributed by atoms with Gasteiger partial charge in [-0.15, -0.1) is 5.10 Å². The van der Waals surface area contributed by atoms with Crippen LogP contribution in [-0.4, -0.2) is 90.7 Å². The van der Waals surface area contributed by atoms with E-state index in [9.17, 15) is 19.5 Å². The molecule has 0 spiro atoms. The van der Waals surface area contributed by atoms with Gasteiger partial charge in [-0.05, 0) is 116 Å². The molecule has 13 heteroatoms. The molecule has 44 heavy (non-hydrogen) atoms. The minimum Gasteiger partial charge on any atom is -0.478 e. The Kier molecular flexibility index (Phi) is 8.74. The third kappa shape index (κ3) is 6.67. The van der Waals surface area contributed by atoms with Crippen LogP contribution in [0.2, 0.25) is 5.02 Å². The molecule has 3 unspecified atom stereocenters. The quantitative estimate of drug-likeness (QED) is 0.322. The number of tetrazole rings is 1. The second-order valence-electron chi connectivity index (χ2n) is 11.9. The van der Waals surface area contributed by atoms with E-state index in [1.165, 1.54) is 29.2 Å². The van der Waals surface area contributed by atoms with Crippen molar-refractivity contribution < 1.29 is 19.5 Å². The predicted molar refractivity (Wildman–Crippen MR) is 164 cm³/mol. The van der Waals surface area contributed by atoms with Crippen molar-refractivity contribution in [1.29, 1.82) is 0 Å². The lowest BCUT2D eigenvalue weighted by Gasteiger charge is -2.48. The van der Waals surface area contributed by atoms with Crippen LogP contribution in [0.25, 0.3) is 11.8 Å². The molecule has 3 heterocycles. The lowest BCUT2D eigenvalue weighted by atomic mass is 9.81. The first-order valence-electron chi connectivity index (χ1n) is 14.9. The van der Waals surface area contributed by atoms with Gasteiger partial charge in [0.15, 0.2) is 0 Å². The Labute approximate surface area is 259 Å². The van der Waals surface area contributed by atoms with E-state index >= 15 is 0 Å². The van der Waals surface area contributed by atoms with Gasteiger partial charge < -0.3 is 21.1 Å². The second kappa shape index (κ2) is 12.8. The van der Waals surface area contributed by atoms with Crippen molar-refractivity contribution in [3.63, 3.8) is 0 Å². The minimum atomic E-state index is -1.04. The number of aromatic carboxylic acids is 1. The Hall–Kier alpha value is -4.13. The van der Waals surface area contributed by atoms with Gasteiger partial charge >= 0.3 is 5.97 Å². The van der Waals surface area contributed by atoms with Gasteiger partial charge in [0.25, 0.3) is 0 Å². The Balaban J connectivity index is 1.30. The number of carbonyl (C=O) groups excluding carboxylic acids is 2. The zero-order valence-corrected chi connectivity index (χ0v) is 24.9. The van der Waals surface area contributed by atoms with E-state index < -0.39 is 12.0 Å². The number of carbonyl (C=O) groups is 3. The number of nitrogens with zero attached hydrogens (tertiary/aromatic N) is 6. The largest absolute Gasteiger partial charge is 0.478 e. The molecule has 2 aromatic carbocycles. The molecule has 3 aliphatic rings. The van der Waals surface area contributed by atoms with Crippen molar-refractivity contribution >= 4 is 41.1 Å². The van der Waals surface area contributed by atoms with E-state index in [1.54, 1.807) is 41.3 Å². The summed E-state index contributed by atoms with van der Waals surface area (Å²) in [5.74, 6) is -1.25. The van der Waals surface area contributed by atoms with Gasteiger partial charge in [-0.25, -0.2) is 4.79 Å². The smallest absolute Gasteiger partial charge is 0.335 e. The summed E-state index contributed by atoms with van der Waals surface area (Å²) < 4.78 is 1.49. The SMILES string of the molecule is NC1CCN(C2CC(C3CC3)C(C(=O)Nc3ccc(C(=O)O)cc3)N(C(=O)C=Cc3cc(Cl)ccc3-n3cnnn3)C2)CC1. The number of nitrogens with one attached hydrogen (secondary N) is 1. The monoisotopic (exact) mass is 618 g/mol. The highest BCUT2D eigenvalue weighted by Crippen LogP contribution is 2.45. The number of anilines is 1. The Bertz CT molecular complexity index is 1530. The normalized spacial score (nSPS) is 23.1. The lowest BCUT2D eigenvalue weighted by Crippen LogP contribution is -2.62. The van der Waals surface area contributed by atoms with Crippen molar-refractivity contribution in [3.05, 3.63) is 71.0 Å². The van der Waals surface area contributed by atoms with Crippen LogP contribution in [0.15, 0.2) is 54.9 Å². The summed E-state index contributed by atoms with van der Waals surface area (Å²) in [6.07, 6.45) is 9.31. The maximum Gasteiger partial charge on any atom is 0.335 e. The molecule has 1 saturated carbocycles. The highest BCUT2D eigenvalue weighted by molar-refractivity contribution is 6.30. The van der Waals surface area contributed by atoms with Crippen LogP contribution in [0.3, 0.4) is 0 Å². The molecule has 12 nitrogen and oxygen atoms in total. The fourth-order valence-corrected chi connectivity index (χ4v) is 6.66. The van der Waals surface area contributed by atoms with Crippen LogP contribution in [0, 0.1) is 11.8 Å². The molecule has 1 aliphatic carbocycles. The number of piperidine rings is 2. The zero-order chi connectivity index (χ0) is 30.8. The van der Waals surface area contributed by atoms with E-state index in [0.29, 0.717) is 34.4 Å². The van der Waals surface area contributed by atoms with Crippen molar-refractivity contribution in [2.45, 2.75) is 50.2 Å². The van der Waals surface area contributed by atoms with Crippen LogP contribution in [0.4, 0.5) is 5.69 Å². The van der Waals surface area contributed by atoms with E-state index in [0.717, 1.165) is 45.2 Å². The molecule has 3 aromatic rings. The van der Waals surface area contributed by atoms with Crippen molar-refractivity contribution in [2.24, 2.45) is 17.6 Å². The van der Waals surface area contributed by atoms with Crippen molar-refractivity contribution in [1.82, 2.24) is 30.0 Å². The maximum absolute atomic E-state index is 14.1. The van der Waals surface area contributed by atoms with Crippen molar-refractivity contribution in [2.75, 3.05) is 25.0 Å². The van der Waals surface area contributed by atoms with E-state index in [-0.39, 0.29) is 35.4 Å². The van der Waals surface area contributed by atoms with Crippen LogP contribution in [0.5, 0.6) is 0 Å². The molecule has 6 rings (SSSR count). The number of likely N-dealkylation sites (tertiary alicyclic amines) is 2. The number of amides is 2. The molecule has 3 atom stereocenters. The standard InChI is InChI=1S/C31H35ClN8O4/c32-22-6-9-27(40-18-34-36-37-40)21(15-22)5-10-28(41)39-17-25(38-13-11-23(33)12-14-38)16-26(19-1-2-19)29(39)30(42)35-24-7-3-20(4-8-24)31(43)44/h3-10,15,18-19,23,25-26,29H,1-2,11-14,16-17,33H2,(H,35,42)(H,43,44). The van der Waals surface area contributed by atoms with Gasteiger partial charge in [0, 0.05) is 41.0 Å². The van der Waals surface area contributed by atoms with Crippen LogP contribution in [-0.2, 0) is 9.59 Å². The first kappa shape index (κ1) is 29.9. The maximum atomic E-state index is 14.1. The Morgan fingerprint density at radius 2 is 1.80 bits per heavy atom. The highest BCUT2D eigenvalue weighted by Gasteiger charge is 2.49. The first-order chi connectivity index (χ1) is 21.3. The summed E-state index contributed by atoms with van der Waals surface area (Å²) in [4.78, 5) is 43.5. The number of aromatic nitrogens is 4. The zero-order valence-electron chi connectivity index (χ0n) is 24.1. The Morgan fingerprint density at radius 3 is 2.45 bits per heavy atom. The van der Waals surface area contributed by atoms with E-state index in [2.05, 4.69) is 25.7 Å². The molecule has 2 aliphatic heterocycles. The average molecular weight is 619 g/mol. The average Bonchev–Trinajstić information content (AvgIpc) is 3.73. The van der Waals surface area contributed by atoms with Gasteiger partial charge in [-0.2, -0.15) is 4.68 Å². The second-order valence-corrected chi connectivity index (χ2v) is 12.3. The predicted octanol–water partition coefficient (Wildman–Crippen LogP) is 3.08. The molecule has 3 fully saturated rings. The number of carboxylic acids is 1. The fourth-order valence-electron chi connectivity index (χ4n) is 6.48. The number of nitrogens with two attached hydrogens (primary N) is 1. The van der Waals surface area contributed by atoms with Gasteiger partial charge in [-0.3, -0.25) is 14.5 Å². The number of rotatable bonds is 8. The van der Waals surface area contributed by atoms with Gasteiger partial charge in [0.1, 0.15) is 12.4 Å². The Morgan fingerprint density at radius 1 is 1.05 bits per heavy atom. The third-order valence-corrected chi connectivity index (χ3v) is 9.19. The molecular formula is C31H35ClN8O4. The summed E-state index contributed by atoms with van der Waals surface area (Å²) >= 11 is 6.30. The van der Waals surface area contributed by atoms with Crippen LogP contribution < -0.4 is 11.1 Å². The summed E-state index contributed by atoms with van der Waals surface area (Å²) in [7, 11) is 0. The molecule has 4 N–H and O–H groups in total.